The molecule has 0 saturated heterocycles. The molecule has 1 atom stereocenters. The van der Waals surface area contributed by atoms with E-state index in [4.69, 9.17) is 5.73 Å². The maximum Gasteiger partial charge on any atom is 0.232 e. The molecule has 1 unspecified atom stereocenters. The van der Waals surface area contributed by atoms with Crippen LogP contribution in [0.2, 0.25) is 0 Å². The van der Waals surface area contributed by atoms with Crippen LogP contribution in [0.3, 0.4) is 0 Å². The van der Waals surface area contributed by atoms with E-state index in [9.17, 15) is 4.79 Å². The monoisotopic (exact) mass is 230 g/mol. The zero-order chi connectivity index (χ0) is 11.3. The van der Waals surface area contributed by atoms with Gasteiger partial charge in [0.1, 0.15) is 0 Å². The topological polar surface area (TPSA) is 46.3 Å². The predicted molar refractivity (Wildman–Crippen MR) is 66.0 cm³/mol. The summed E-state index contributed by atoms with van der Waals surface area (Å²) in [4.78, 5) is 13.8. The number of nitrogens with two attached hydrogens (primary N) is 1. The van der Waals surface area contributed by atoms with Gasteiger partial charge in [0, 0.05) is 12.6 Å². The molecule has 0 aromatic heterocycles. The second-order valence-electron chi connectivity index (χ2n) is 4.27. The van der Waals surface area contributed by atoms with Crippen molar-refractivity contribution in [3.63, 3.8) is 0 Å². The first-order valence-corrected chi connectivity index (χ1v) is 6.91. The number of carbonyl (C=O) groups excluding carboxylic acids is 1. The minimum Gasteiger partial charge on any atom is -0.339 e. The van der Waals surface area contributed by atoms with Crippen molar-refractivity contribution in [2.75, 3.05) is 24.6 Å². The Bertz CT molecular complexity index is 207. The number of nitrogens with zero attached hydrogens (tertiary/aromatic N) is 1. The lowest BCUT2D eigenvalue weighted by molar-refractivity contribution is -0.128. The van der Waals surface area contributed by atoms with Gasteiger partial charge in [0.25, 0.3) is 0 Å². The number of hydrogen-bond donors (Lipinski definition) is 1. The Morgan fingerprint density at radius 1 is 1.60 bits per heavy atom. The van der Waals surface area contributed by atoms with E-state index in [2.05, 4.69) is 13.8 Å². The molecule has 1 aliphatic rings. The molecule has 0 aromatic rings. The minimum absolute atomic E-state index is 0.300. The highest BCUT2D eigenvalue weighted by molar-refractivity contribution is 7.99. The Morgan fingerprint density at radius 3 is 2.73 bits per heavy atom. The Hall–Kier alpha value is -0.220. The number of hydrogen-bond acceptors (Lipinski definition) is 3. The summed E-state index contributed by atoms with van der Waals surface area (Å²) in [5.41, 5.74) is 5.52. The lowest BCUT2D eigenvalue weighted by Crippen LogP contribution is -2.34. The van der Waals surface area contributed by atoms with Gasteiger partial charge in [-0.2, -0.15) is 11.8 Å². The number of rotatable bonds is 7. The van der Waals surface area contributed by atoms with Gasteiger partial charge < -0.3 is 10.6 Å². The summed E-state index contributed by atoms with van der Waals surface area (Å²) in [6, 6.07) is 0.551. The molecule has 0 aromatic carbocycles. The van der Waals surface area contributed by atoms with E-state index in [1.807, 2.05) is 4.90 Å². The fourth-order valence-electron chi connectivity index (χ4n) is 1.52. The highest BCUT2D eigenvalue weighted by Crippen LogP contribution is 2.27. The third-order valence-corrected chi connectivity index (χ3v) is 3.93. The summed E-state index contributed by atoms with van der Waals surface area (Å²) < 4.78 is 0. The maximum absolute atomic E-state index is 11.8. The van der Waals surface area contributed by atoms with Crippen LogP contribution < -0.4 is 5.73 Å². The molecule has 88 valence electrons. The van der Waals surface area contributed by atoms with Gasteiger partial charge in [0.15, 0.2) is 0 Å². The average Bonchev–Trinajstić information content (AvgIpc) is 3.03. The quantitative estimate of drug-likeness (QED) is 0.717. The van der Waals surface area contributed by atoms with Crippen LogP contribution in [0.15, 0.2) is 0 Å². The maximum atomic E-state index is 11.8. The minimum atomic E-state index is 0.300. The molecule has 1 fully saturated rings. The van der Waals surface area contributed by atoms with Gasteiger partial charge in [-0.1, -0.05) is 6.92 Å². The summed E-state index contributed by atoms with van der Waals surface area (Å²) in [5, 5.41) is 0. The van der Waals surface area contributed by atoms with Crippen molar-refractivity contribution in [2.45, 2.75) is 32.7 Å². The SMILES string of the molecule is CCN(C(=O)CSCC(C)CN)C1CC1. The first-order valence-electron chi connectivity index (χ1n) is 5.76. The zero-order valence-corrected chi connectivity index (χ0v) is 10.6. The molecule has 0 bridgehead atoms. The van der Waals surface area contributed by atoms with E-state index < -0.39 is 0 Å². The van der Waals surface area contributed by atoms with Crippen LogP contribution in [-0.2, 0) is 4.79 Å². The average molecular weight is 230 g/mol. The lowest BCUT2D eigenvalue weighted by atomic mass is 10.2. The first kappa shape index (κ1) is 12.8. The van der Waals surface area contributed by atoms with Crippen LogP contribution in [0, 0.1) is 5.92 Å². The Kier molecular flexibility index (Phi) is 5.47. The van der Waals surface area contributed by atoms with E-state index in [0.29, 0.717) is 30.2 Å². The second kappa shape index (κ2) is 6.38. The highest BCUT2D eigenvalue weighted by atomic mass is 32.2. The Balaban J connectivity index is 2.16. The molecule has 0 heterocycles. The molecular formula is C11H22N2OS. The van der Waals surface area contributed by atoms with E-state index in [-0.39, 0.29) is 0 Å². The van der Waals surface area contributed by atoms with Crippen molar-refractivity contribution in [3.05, 3.63) is 0 Å². The predicted octanol–water partition coefficient (Wildman–Crippen LogP) is 1.33. The summed E-state index contributed by atoms with van der Waals surface area (Å²) in [7, 11) is 0. The molecule has 0 radical (unpaired) electrons. The van der Waals surface area contributed by atoms with Crippen molar-refractivity contribution < 1.29 is 4.79 Å². The van der Waals surface area contributed by atoms with Gasteiger partial charge in [-0.05, 0) is 38.0 Å². The molecule has 3 nitrogen and oxygen atoms in total. The molecule has 1 amide bonds. The second-order valence-corrected chi connectivity index (χ2v) is 5.30. The highest BCUT2D eigenvalue weighted by Gasteiger charge is 2.30. The molecule has 0 spiro atoms. The summed E-state index contributed by atoms with van der Waals surface area (Å²) >= 11 is 1.71. The zero-order valence-electron chi connectivity index (χ0n) is 9.74. The molecule has 1 saturated carbocycles. The van der Waals surface area contributed by atoms with Gasteiger partial charge in [-0.25, -0.2) is 0 Å². The van der Waals surface area contributed by atoms with Crippen LogP contribution in [0.25, 0.3) is 0 Å². The van der Waals surface area contributed by atoms with Crippen LogP contribution in [0.1, 0.15) is 26.7 Å². The number of carbonyl (C=O) groups is 1. The van der Waals surface area contributed by atoms with Crippen molar-refractivity contribution in [2.24, 2.45) is 11.7 Å². The van der Waals surface area contributed by atoms with Gasteiger partial charge in [0.2, 0.25) is 5.91 Å². The van der Waals surface area contributed by atoms with Crippen molar-refractivity contribution in [1.82, 2.24) is 4.90 Å². The Labute approximate surface area is 96.8 Å². The van der Waals surface area contributed by atoms with Gasteiger partial charge in [-0.15, -0.1) is 0 Å². The first-order chi connectivity index (χ1) is 7.19. The van der Waals surface area contributed by atoms with E-state index in [0.717, 1.165) is 12.3 Å². The van der Waals surface area contributed by atoms with Crippen LogP contribution in [-0.4, -0.2) is 41.4 Å². The van der Waals surface area contributed by atoms with E-state index in [1.54, 1.807) is 11.8 Å². The van der Waals surface area contributed by atoms with Crippen molar-refractivity contribution in [3.8, 4) is 0 Å². The van der Waals surface area contributed by atoms with Crippen molar-refractivity contribution >= 4 is 17.7 Å². The fourth-order valence-corrected chi connectivity index (χ4v) is 2.52. The number of thioether (sulfide) groups is 1. The molecule has 0 aliphatic heterocycles. The third-order valence-electron chi connectivity index (χ3n) is 2.68. The van der Waals surface area contributed by atoms with E-state index in [1.165, 1.54) is 12.8 Å². The normalized spacial score (nSPS) is 17.5. The van der Waals surface area contributed by atoms with Crippen LogP contribution >= 0.6 is 11.8 Å². The summed E-state index contributed by atoms with van der Waals surface area (Å²) in [5.74, 6) is 2.42. The van der Waals surface area contributed by atoms with Gasteiger partial charge in [-0.3, -0.25) is 4.79 Å². The molecule has 2 N–H and O–H groups in total. The molecular weight excluding hydrogens is 208 g/mol. The van der Waals surface area contributed by atoms with Gasteiger partial charge >= 0.3 is 0 Å². The molecule has 1 aliphatic carbocycles. The standard InChI is InChI=1S/C11H22N2OS/c1-3-13(10-4-5-10)11(14)8-15-7-9(2)6-12/h9-10H,3-8,12H2,1-2H3. The lowest BCUT2D eigenvalue weighted by Gasteiger charge is -2.20. The molecule has 1 rings (SSSR count). The summed E-state index contributed by atoms with van der Waals surface area (Å²) in [6.45, 7) is 5.75. The van der Waals surface area contributed by atoms with Crippen LogP contribution in [0.4, 0.5) is 0 Å². The smallest absolute Gasteiger partial charge is 0.232 e. The largest absolute Gasteiger partial charge is 0.339 e. The Morgan fingerprint density at radius 2 is 2.27 bits per heavy atom. The van der Waals surface area contributed by atoms with E-state index >= 15 is 0 Å². The van der Waals surface area contributed by atoms with Crippen LogP contribution in [0.5, 0.6) is 0 Å². The molecule has 15 heavy (non-hydrogen) atoms. The fraction of sp³-hybridized carbons (Fsp3) is 0.909. The van der Waals surface area contributed by atoms with Crippen molar-refractivity contribution in [1.29, 1.82) is 0 Å². The molecule has 4 heteroatoms. The van der Waals surface area contributed by atoms with Gasteiger partial charge in [0.05, 0.1) is 5.75 Å². The third kappa shape index (κ3) is 4.43. The number of amides is 1. The summed E-state index contributed by atoms with van der Waals surface area (Å²) in [6.07, 6.45) is 2.40.